The van der Waals surface area contributed by atoms with Crippen LogP contribution in [0.2, 0.25) is 0 Å². The number of aliphatic hydroxyl groups is 1. The number of nitrogens with one attached hydrogen (secondary N) is 1. The lowest BCUT2D eigenvalue weighted by molar-refractivity contribution is -0.137. The molecule has 9 heteroatoms. The van der Waals surface area contributed by atoms with E-state index in [2.05, 4.69) is 10.3 Å². The molecule has 0 fully saturated rings. The van der Waals surface area contributed by atoms with Crippen molar-refractivity contribution in [2.75, 3.05) is 18.5 Å². The number of aliphatic imine (C=N–C) groups is 1. The molecular formula is C19H23F3IN3O2. The summed E-state index contributed by atoms with van der Waals surface area (Å²) in [5.74, 6) is 0.376. The fourth-order valence-electron chi connectivity index (χ4n) is 2.42. The Labute approximate surface area is 178 Å². The number of aliphatic hydroxyl groups excluding tert-OH is 1. The third-order valence-electron chi connectivity index (χ3n) is 3.59. The number of hydrogen-bond donors (Lipinski definition) is 3. The first-order valence-electron chi connectivity index (χ1n) is 8.27. The molecule has 1 atom stereocenters. The quantitative estimate of drug-likeness (QED) is 0.311. The predicted molar refractivity (Wildman–Crippen MR) is 114 cm³/mol. The molecule has 0 radical (unpaired) electrons. The average Bonchev–Trinajstić information content (AvgIpc) is 2.57. The summed E-state index contributed by atoms with van der Waals surface area (Å²) in [7, 11) is 0. The van der Waals surface area contributed by atoms with Crippen molar-refractivity contribution in [1.82, 2.24) is 0 Å². The second-order valence-corrected chi connectivity index (χ2v) is 6.21. The Morgan fingerprint density at radius 3 is 2.25 bits per heavy atom. The van der Waals surface area contributed by atoms with Crippen LogP contribution in [0.3, 0.4) is 0 Å². The molecule has 0 aliphatic heterocycles. The smallest absolute Gasteiger partial charge is 0.416 e. The molecule has 2 aromatic rings. The van der Waals surface area contributed by atoms with Crippen LogP contribution in [0.4, 0.5) is 18.9 Å². The van der Waals surface area contributed by atoms with E-state index in [0.717, 1.165) is 28.9 Å². The number of nitrogens with zero attached hydrogens (tertiary/aromatic N) is 1. The molecular weight excluding hydrogens is 486 g/mol. The van der Waals surface area contributed by atoms with Gasteiger partial charge in [-0.05, 0) is 61.4 Å². The van der Waals surface area contributed by atoms with E-state index in [4.69, 9.17) is 10.5 Å². The number of hydrogen-bond acceptors (Lipinski definition) is 3. The van der Waals surface area contributed by atoms with Crippen molar-refractivity contribution in [2.24, 2.45) is 10.7 Å². The molecule has 2 rings (SSSR count). The molecule has 28 heavy (non-hydrogen) atoms. The molecule has 4 N–H and O–H groups in total. The minimum Gasteiger partial charge on any atom is -0.491 e. The number of alkyl halides is 3. The van der Waals surface area contributed by atoms with Crippen LogP contribution in [0.25, 0.3) is 0 Å². The highest BCUT2D eigenvalue weighted by Gasteiger charge is 2.30. The van der Waals surface area contributed by atoms with E-state index < -0.39 is 17.8 Å². The van der Waals surface area contributed by atoms with E-state index in [-0.39, 0.29) is 48.8 Å². The molecule has 0 saturated carbocycles. The van der Waals surface area contributed by atoms with Gasteiger partial charge in [0.15, 0.2) is 5.96 Å². The zero-order valence-electron chi connectivity index (χ0n) is 15.5. The number of ether oxygens (including phenoxy) is 1. The van der Waals surface area contributed by atoms with Gasteiger partial charge in [-0.1, -0.05) is 6.07 Å². The van der Waals surface area contributed by atoms with E-state index in [1.165, 1.54) is 12.1 Å². The van der Waals surface area contributed by atoms with E-state index in [1.54, 1.807) is 0 Å². The van der Waals surface area contributed by atoms with E-state index >= 15 is 0 Å². The topological polar surface area (TPSA) is 79.9 Å². The molecule has 1 unspecified atom stereocenters. The van der Waals surface area contributed by atoms with Gasteiger partial charge in [0.2, 0.25) is 0 Å². The Balaban J connectivity index is 0.00000392. The number of aryl methyl sites for hydroxylation is 2. The van der Waals surface area contributed by atoms with Crippen molar-refractivity contribution in [1.29, 1.82) is 0 Å². The number of rotatable bonds is 6. The van der Waals surface area contributed by atoms with Crippen LogP contribution in [0.5, 0.6) is 5.75 Å². The first-order valence-corrected chi connectivity index (χ1v) is 8.27. The summed E-state index contributed by atoms with van der Waals surface area (Å²) in [5, 5.41) is 12.8. The highest BCUT2D eigenvalue weighted by Crippen LogP contribution is 2.30. The zero-order chi connectivity index (χ0) is 20.0. The molecule has 0 amide bonds. The van der Waals surface area contributed by atoms with Crippen molar-refractivity contribution in [3.8, 4) is 5.75 Å². The molecule has 2 aromatic carbocycles. The number of benzene rings is 2. The van der Waals surface area contributed by atoms with Crippen LogP contribution in [-0.2, 0) is 6.18 Å². The van der Waals surface area contributed by atoms with Crippen molar-refractivity contribution < 1.29 is 23.0 Å². The molecule has 0 heterocycles. The monoisotopic (exact) mass is 509 g/mol. The van der Waals surface area contributed by atoms with Gasteiger partial charge in [-0.3, -0.25) is 4.99 Å². The number of guanidine groups is 1. The molecule has 0 aliphatic carbocycles. The predicted octanol–water partition coefficient (Wildman–Crippen LogP) is 4.11. The lowest BCUT2D eigenvalue weighted by atomic mass is 10.1. The SMILES string of the molecule is Cc1cc(C)cc(NC(N)=NCC(O)COc2ccc(C(F)(F)F)cc2)c1.I. The maximum atomic E-state index is 12.5. The molecule has 0 bridgehead atoms. The minimum atomic E-state index is -4.40. The van der Waals surface area contributed by atoms with Gasteiger partial charge in [-0.25, -0.2) is 0 Å². The third-order valence-corrected chi connectivity index (χ3v) is 3.59. The molecule has 0 aromatic heterocycles. The summed E-state index contributed by atoms with van der Waals surface area (Å²) in [6.45, 7) is 3.80. The number of anilines is 1. The van der Waals surface area contributed by atoms with Crippen LogP contribution >= 0.6 is 24.0 Å². The fourth-order valence-corrected chi connectivity index (χ4v) is 2.42. The van der Waals surface area contributed by atoms with Crippen LogP contribution in [0.15, 0.2) is 47.5 Å². The standard InChI is InChI=1S/C19H22F3N3O2.HI/c1-12-7-13(2)9-15(8-12)25-18(23)24-10-16(26)11-27-17-5-3-14(4-6-17)19(20,21)22;/h3-9,16,26H,10-11H2,1-2H3,(H3,23,24,25);1H. The van der Waals surface area contributed by atoms with E-state index in [1.807, 2.05) is 32.0 Å². The Morgan fingerprint density at radius 1 is 1.14 bits per heavy atom. The van der Waals surface area contributed by atoms with Gasteiger partial charge in [0.1, 0.15) is 18.5 Å². The largest absolute Gasteiger partial charge is 0.491 e. The fraction of sp³-hybridized carbons (Fsp3) is 0.316. The summed E-state index contributed by atoms with van der Waals surface area (Å²) < 4.78 is 42.8. The van der Waals surface area contributed by atoms with Crippen LogP contribution in [0, 0.1) is 13.8 Å². The summed E-state index contributed by atoms with van der Waals surface area (Å²) in [6.07, 6.45) is -5.35. The summed E-state index contributed by atoms with van der Waals surface area (Å²) in [4.78, 5) is 4.04. The Morgan fingerprint density at radius 2 is 1.71 bits per heavy atom. The normalized spacial score (nSPS) is 12.9. The van der Waals surface area contributed by atoms with E-state index in [0.29, 0.717) is 0 Å². The van der Waals surface area contributed by atoms with Gasteiger partial charge < -0.3 is 20.9 Å². The second kappa shape index (κ2) is 10.5. The van der Waals surface area contributed by atoms with Crippen molar-refractivity contribution in [3.05, 3.63) is 59.2 Å². The Hall–Kier alpha value is -2.01. The van der Waals surface area contributed by atoms with Gasteiger partial charge in [0, 0.05) is 5.69 Å². The maximum Gasteiger partial charge on any atom is 0.416 e. The molecule has 154 valence electrons. The summed E-state index contributed by atoms with van der Waals surface area (Å²) in [6, 6.07) is 10.1. The number of halogens is 4. The van der Waals surface area contributed by atoms with Crippen molar-refractivity contribution >= 4 is 35.6 Å². The van der Waals surface area contributed by atoms with Gasteiger partial charge in [0.05, 0.1) is 12.1 Å². The van der Waals surface area contributed by atoms with Gasteiger partial charge >= 0.3 is 6.18 Å². The molecule has 0 aliphatic rings. The molecule has 5 nitrogen and oxygen atoms in total. The first-order chi connectivity index (χ1) is 12.6. The third kappa shape index (κ3) is 7.93. The van der Waals surface area contributed by atoms with Crippen molar-refractivity contribution in [2.45, 2.75) is 26.1 Å². The Kier molecular flexibility index (Phi) is 9.02. The minimum absolute atomic E-state index is 0. The first kappa shape index (κ1) is 24.0. The molecule has 0 spiro atoms. The molecule has 0 saturated heterocycles. The van der Waals surface area contributed by atoms with E-state index in [9.17, 15) is 18.3 Å². The van der Waals surface area contributed by atoms with Gasteiger partial charge in [0.25, 0.3) is 0 Å². The summed E-state index contributed by atoms with van der Waals surface area (Å²) >= 11 is 0. The Bertz CT molecular complexity index is 776. The highest BCUT2D eigenvalue weighted by atomic mass is 127. The lowest BCUT2D eigenvalue weighted by Gasteiger charge is -2.12. The lowest BCUT2D eigenvalue weighted by Crippen LogP contribution is -2.27. The maximum absolute atomic E-state index is 12.5. The second-order valence-electron chi connectivity index (χ2n) is 6.21. The van der Waals surface area contributed by atoms with Crippen molar-refractivity contribution in [3.63, 3.8) is 0 Å². The highest BCUT2D eigenvalue weighted by molar-refractivity contribution is 14.0. The van der Waals surface area contributed by atoms with Crippen LogP contribution in [0.1, 0.15) is 16.7 Å². The average molecular weight is 509 g/mol. The zero-order valence-corrected chi connectivity index (χ0v) is 17.8. The van der Waals surface area contributed by atoms with Crippen LogP contribution < -0.4 is 15.8 Å². The van der Waals surface area contributed by atoms with Gasteiger partial charge in [-0.2, -0.15) is 13.2 Å². The van der Waals surface area contributed by atoms with Gasteiger partial charge in [-0.15, -0.1) is 24.0 Å². The number of nitrogens with two attached hydrogens (primary N) is 1. The van der Waals surface area contributed by atoms with Crippen LogP contribution in [-0.4, -0.2) is 30.3 Å². The summed E-state index contributed by atoms with van der Waals surface area (Å²) in [5.41, 5.74) is 7.99.